The number of amides is 2. The smallest absolute Gasteiger partial charge is 0.315 e. The molecule has 0 aliphatic heterocycles. The Morgan fingerprint density at radius 1 is 1.35 bits per heavy atom. The number of urea groups is 1. The molecule has 7 nitrogen and oxygen atoms in total. The first-order valence-corrected chi connectivity index (χ1v) is 7.20. The molecule has 0 aliphatic carbocycles. The quantitative estimate of drug-likeness (QED) is 0.542. The van der Waals surface area contributed by atoms with E-state index < -0.39 is 27.9 Å². The molecule has 0 bridgehead atoms. The number of nitrogens with one attached hydrogen (secondary N) is 2. The Labute approximate surface area is 101 Å². The molecule has 1 unspecified atom stereocenters. The van der Waals surface area contributed by atoms with Gasteiger partial charge in [0.2, 0.25) is 0 Å². The molecule has 0 aromatic carbocycles. The third-order valence-corrected chi connectivity index (χ3v) is 2.89. The Balaban J connectivity index is 3.75. The number of carboxylic acids is 1. The fourth-order valence-corrected chi connectivity index (χ4v) is 2.20. The Morgan fingerprint density at radius 2 is 1.94 bits per heavy atom. The van der Waals surface area contributed by atoms with E-state index in [1.165, 1.54) is 0 Å². The Hall–Kier alpha value is -1.31. The summed E-state index contributed by atoms with van der Waals surface area (Å²) in [7, 11) is -3.13. The van der Waals surface area contributed by atoms with E-state index in [1.54, 1.807) is 6.92 Å². The predicted octanol–water partition coefficient (Wildman–Crippen LogP) is -0.416. The number of aliphatic carboxylic acids is 1. The third kappa shape index (κ3) is 11.0. The van der Waals surface area contributed by atoms with Crippen molar-refractivity contribution in [3.63, 3.8) is 0 Å². The minimum absolute atomic E-state index is 0.0147. The number of carboxylic acid groups (broad SMARTS) is 1. The normalized spacial score (nSPS) is 12.8. The molecule has 100 valence electrons. The van der Waals surface area contributed by atoms with Crippen molar-refractivity contribution in [3.05, 3.63) is 0 Å². The molecule has 0 aromatic rings. The number of rotatable bonds is 7. The molecule has 0 aliphatic rings. The van der Waals surface area contributed by atoms with Crippen LogP contribution in [0.25, 0.3) is 0 Å². The third-order valence-electron chi connectivity index (χ3n) is 1.78. The maximum Gasteiger partial charge on any atom is 0.315 e. The monoisotopic (exact) mass is 266 g/mol. The van der Waals surface area contributed by atoms with E-state index in [0.717, 1.165) is 6.26 Å². The number of sulfone groups is 1. The van der Waals surface area contributed by atoms with Gasteiger partial charge < -0.3 is 15.7 Å². The van der Waals surface area contributed by atoms with Gasteiger partial charge in [-0.3, -0.25) is 4.79 Å². The van der Waals surface area contributed by atoms with Crippen molar-refractivity contribution in [1.82, 2.24) is 10.6 Å². The average molecular weight is 266 g/mol. The highest BCUT2D eigenvalue weighted by molar-refractivity contribution is 7.90. The molecule has 0 aromatic heterocycles. The lowest BCUT2D eigenvalue weighted by Gasteiger charge is -2.13. The Bertz CT molecular complexity index is 366. The Morgan fingerprint density at radius 3 is 2.41 bits per heavy atom. The van der Waals surface area contributed by atoms with E-state index in [1.807, 2.05) is 0 Å². The molecule has 0 radical (unpaired) electrons. The van der Waals surface area contributed by atoms with Gasteiger partial charge in [0.05, 0.1) is 5.75 Å². The summed E-state index contributed by atoms with van der Waals surface area (Å²) in [6.45, 7) is 1.82. The van der Waals surface area contributed by atoms with Gasteiger partial charge in [0, 0.05) is 25.3 Å². The van der Waals surface area contributed by atoms with E-state index in [4.69, 9.17) is 5.11 Å². The molecule has 2 amide bonds. The first kappa shape index (κ1) is 15.7. The molecule has 0 rings (SSSR count). The van der Waals surface area contributed by atoms with Crippen molar-refractivity contribution in [2.24, 2.45) is 0 Å². The Kier molecular flexibility index (Phi) is 6.55. The molecule has 1 atom stereocenters. The summed E-state index contributed by atoms with van der Waals surface area (Å²) in [6, 6.07) is -0.976. The largest absolute Gasteiger partial charge is 0.481 e. The SMILES string of the molecule is CC(CS(C)(=O)=O)NC(=O)NCCCC(=O)O. The highest BCUT2D eigenvalue weighted by Crippen LogP contribution is 1.90. The lowest BCUT2D eigenvalue weighted by atomic mass is 10.3. The minimum atomic E-state index is -3.13. The van der Waals surface area contributed by atoms with Crippen molar-refractivity contribution in [1.29, 1.82) is 0 Å². The molecule has 3 N–H and O–H groups in total. The van der Waals surface area contributed by atoms with Crippen LogP contribution in [0.4, 0.5) is 4.79 Å². The zero-order valence-electron chi connectivity index (χ0n) is 9.89. The van der Waals surface area contributed by atoms with E-state index in [9.17, 15) is 18.0 Å². The molecular formula is C9H18N2O5S. The van der Waals surface area contributed by atoms with E-state index >= 15 is 0 Å². The first-order valence-electron chi connectivity index (χ1n) is 5.14. The minimum Gasteiger partial charge on any atom is -0.481 e. The second kappa shape index (κ2) is 7.10. The van der Waals surface area contributed by atoms with Crippen LogP contribution in [0.1, 0.15) is 19.8 Å². The maximum atomic E-state index is 11.2. The van der Waals surface area contributed by atoms with Gasteiger partial charge in [0.1, 0.15) is 9.84 Å². The van der Waals surface area contributed by atoms with Gasteiger partial charge in [0.15, 0.2) is 0 Å². The van der Waals surface area contributed by atoms with Gasteiger partial charge in [-0.25, -0.2) is 13.2 Å². The topological polar surface area (TPSA) is 113 Å². The zero-order chi connectivity index (χ0) is 13.5. The van der Waals surface area contributed by atoms with E-state index in [-0.39, 0.29) is 18.7 Å². The first-order chi connectivity index (χ1) is 7.70. The lowest BCUT2D eigenvalue weighted by Crippen LogP contribution is -2.43. The van der Waals surface area contributed by atoms with Crippen molar-refractivity contribution in [3.8, 4) is 0 Å². The van der Waals surface area contributed by atoms with Crippen molar-refractivity contribution in [2.45, 2.75) is 25.8 Å². The van der Waals surface area contributed by atoms with Crippen LogP contribution in [-0.2, 0) is 14.6 Å². The molecule has 0 saturated carbocycles. The van der Waals surface area contributed by atoms with Crippen LogP contribution >= 0.6 is 0 Å². The maximum absolute atomic E-state index is 11.2. The fourth-order valence-electron chi connectivity index (χ4n) is 1.21. The van der Waals surface area contributed by atoms with Crippen LogP contribution in [0.2, 0.25) is 0 Å². The highest BCUT2D eigenvalue weighted by Gasteiger charge is 2.12. The number of carbonyl (C=O) groups is 2. The van der Waals surface area contributed by atoms with Crippen molar-refractivity contribution >= 4 is 21.8 Å². The van der Waals surface area contributed by atoms with E-state index in [0.29, 0.717) is 6.42 Å². The van der Waals surface area contributed by atoms with Crippen LogP contribution in [0, 0.1) is 0 Å². The molecule has 0 fully saturated rings. The molecule has 8 heteroatoms. The summed E-state index contributed by atoms with van der Waals surface area (Å²) in [5.74, 6) is -1.05. The molecule has 0 saturated heterocycles. The summed E-state index contributed by atoms with van der Waals surface area (Å²) in [5, 5.41) is 13.3. The van der Waals surface area contributed by atoms with Gasteiger partial charge in [-0.1, -0.05) is 0 Å². The van der Waals surface area contributed by atoms with Crippen LogP contribution in [0.15, 0.2) is 0 Å². The second-order valence-corrected chi connectivity index (χ2v) is 6.08. The molecule has 17 heavy (non-hydrogen) atoms. The summed E-state index contributed by atoms with van der Waals surface area (Å²) >= 11 is 0. The predicted molar refractivity (Wildman–Crippen MR) is 62.6 cm³/mol. The van der Waals surface area contributed by atoms with E-state index in [2.05, 4.69) is 10.6 Å². The summed E-state index contributed by atoms with van der Waals surface area (Å²) < 4.78 is 21.8. The summed E-state index contributed by atoms with van der Waals surface area (Å²) in [6.07, 6.45) is 1.42. The number of hydrogen-bond acceptors (Lipinski definition) is 4. The number of carbonyl (C=O) groups excluding carboxylic acids is 1. The zero-order valence-corrected chi connectivity index (χ0v) is 10.7. The highest BCUT2D eigenvalue weighted by atomic mass is 32.2. The summed E-state index contributed by atoms with van der Waals surface area (Å²) in [5.41, 5.74) is 0. The van der Waals surface area contributed by atoms with Crippen molar-refractivity contribution < 1.29 is 23.1 Å². The van der Waals surface area contributed by atoms with Crippen LogP contribution in [-0.4, -0.2) is 50.1 Å². The van der Waals surface area contributed by atoms with Crippen LogP contribution in [0.5, 0.6) is 0 Å². The van der Waals surface area contributed by atoms with Crippen molar-refractivity contribution in [2.75, 3.05) is 18.6 Å². The molecule has 0 heterocycles. The van der Waals surface area contributed by atoms with Gasteiger partial charge >= 0.3 is 12.0 Å². The summed E-state index contributed by atoms with van der Waals surface area (Å²) in [4.78, 5) is 21.4. The fraction of sp³-hybridized carbons (Fsp3) is 0.778. The molecular weight excluding hydrogens is 248 g/mol. The van der Waals surface area contributed by atoms with Crippen LogP contribution < -0.4 is 10.6 Å². The van der Waals surface area contributed by atoms with Crippen LogP contribution in [0.3, 0.4) is 0 Å². The second-order valence-electron chi connectivity index (χ2n) is 3.89. The lowest BCUT2D eigenvalue weighted by molar-refractivity contribution is -0.137. The molecule has 0 spiro atoms. The van der Waals surface area contributed by atoms with Gasteiger partial charge in [-0.2, -0.15) is 0 Å². The van der Waals surface area contributed by atoms with Gasteiger partial charge in [-0.15, -0.1) is 0 Å². The van der Waals surface area contributed by atoms with Gasteiger partial charge in [-0.05, 0) is 13.3 Å². The standard InChI is InChI=1S/C9H18N2O5S/c1-7(6-17(2,15)16)11-9(14)10-5-3-4-8(12)13/h7H,3-6H2,1-2H3,(H,12,13)(H2,10,11,14). The average Bonchev–Trinajstić information content (AvgIpc) is 2.08. The number of hydrogen-bond donors (Lipinski definition) is 3. The van der Waals surface area contributed by atoms with Gasteiger partial charge in [0.25, 0.3) is 0 Å².